The van der Waals surface area contributed by atoms with Gasteiger partial charge in [0.15, 0.2) is 5.78 Å². The second kappa shape index (κ2) is 7.08. The lowest BCUT2D eigenvalue weighted by Gasteiger charge is -2.06. The van der Waals surface area contributed by atoms with Crippen molar-refractivity contribution >= 4 is 17.5 Å². The number of carbonyl (C=O) groups excluding carboxylic acids is 1. The highest BCUT2D eigenvalue weighted by atomic mass is 32.2. The number of Topliss-reactive ketones (excluding diaryl/α,β-unsaturated/α-hetero) is 1. The molecule has 0 heterocycles. The van der Waals surface area contributed by atoms with Crippen LogP contribution in [0, 0.1) is 17.2 Å². The van der Waals surface area contributed by atoms with Crippen LogP contribution in [-0.2, 0) is 0 Å². The van der Waals surface area contributed by atoms with Gasteiger partial charge in [-0.25, -0.2) is 0 Å². The van der Waals surface area contributed by atoms with E-state index in [0.717, 1.165) is 12.2 Å². The van der Waals surface area contributed by atoms with E-state index in [1.807, 2.05) is 24.5 Å². The van der Waals surface area contributed by atoms with Gasteiger partial charge in [-0.1, -0.05) is 30.3 Å². The zero-order chi connectivity index (χ0) is 11.8. The molecule has 1 atom stereocenters. The molecule has 0 N–H and O–H groups in total. The van der Waals surface area contributed by atoms with Crippen molar-refractivity contribution in [2.24, 2.45) is 5.92 Å². The Morgan fingerprint density at radius 2 is 2.12 bits per heavy atom. The molecule has 1 aromatic rings. The van der Waals surface area contributed by atoms with Gasteiger partial charge in [0.05, 0.1) is 12.0 Å². The molecule has 0 amide bonds. The van der Waals surface area contributed by atoms with Crippen LogP contribution in [0.15, 0.2) is 30.3 Å². The number of rotatable bonds is 6. The summed E-state index contributed by atoms with van der Waals surface area (Å²) < 4.78 is 0. The average molecular weight is 233 g/mol. The lowest BCUT2D eigenvalue weighted by atomic mass is 9.97. The van der Waals surface area contributed by atoms with Crippen LogP contribution in [-0.4, -0.2) is 17.8 Å². The lowest BCUT2D eigenvalue weighted by Crippen LogP contribution is -2.08. The Bertz CT molecular complexity index is 369. The molecule has 0 saturated carbocycles. The van der Waals surface area contributed by atoms with Crippen LogP contribution < -0.4 is 0 Å². The fraction of sp³-hybridized carbons (Fsp3) is 0.385. The summed E-state index contributed by atoms with van der Waals surface area (Å²) in [6.45, 7) is 0. The molecule has 1 aromatic carbocycles. The van der Waals surface area contributed by atoms with E-state index in [-0.39, 0.29) is 11.7 Å². The summed E-state index contributed by atoms with van der Waals surface area (Å²) >= 11 is 1.71. The molecule has 0 aliphatic rings. The molecule has 0 saturated heterocycles. The van der Waals surface area contributed by atoms with Crippen molar-refractivity contribution in [3.63, 3.8) is 0 Å². The maximum atomic E-state index is 11.8. The summed E-state index contributed by atoms with van der Waals surface area (Å²) in [5.74, 6) is 0.841. The molecule has 2 nitrogen and oxygen atoms in total. The normalized spacial score (nSPS) is 11.8. The molecule has 0 fully saturated rings. The number of thioether (sulfide) groups is 1. The predicted octanol–water partition coefficient (Wildman–Crippen LogP) is 3.15. The first-order valence-corrected chi connectivity index (χ1v) is 6.64. The number of hydrogen-bond acceptors (Lipinski definition) is 3. The van der Waals surface area contributed by atoms with Gasteiger partial charge in [-0.2, -0.15) is 17.0 Å². The average Bonchev–Trinajstić information content (AvgIpc) is 2.35. The molecule has 84 valence electrons. The molecule has 0 aliphatic carbocycles. The van der Waals surface area contributed by atoms with Gasteiger partial charge in [0.2, 0.25) is 0 Å². The van der Waals surface area contributed by atoms with Crippen LogP contribution in [0.1, 0.15) is 23.2 Å². The standard InChI is InChI=1S/C13H15NOS/c1-16-8-7-11(10-14)9-13(15)12-5-3-2-4-6-12/h2-6,11H,7-9H2,1H3. The summed E-state index contributed by atoms with van der Waals surface area (Å²) in [7, 11) is 0. The number of hydrogen-bond donors (Lipinski definition) is 0. The van der Waals surface area contributed by atoms with Gasteiger partial charge in [-0.3, -0.25) is 4.79 Å². The topological polar surface area (TPSA) is 40.9 Å². The number of ketones is 1. The number of carbonyl (C=O) groups is 1. The minimum absolute atomic E-state index is 0.0632. The number of benzene rings is 1. The largest absolute Gasteiger partial charge is 0.294 e. The van der Waals surface area contributed by atoms with Crippen LogP contribution in [0.4, 0.5) is 0 Å². The van der Waals surface area contributed by atoms with Crippen molar-refractivity contribution in [2.45, 2.75) is 12.8 Å². The molecule has 1 rings (SSSR count). The quantitative estimate of drug-likeness (QED) is 0.709. The first-order valence-electron chi connectivity index (χ1n) is 5.24. The number of nitriles is 1. The van der Waals surface area contributed by atoms with Crippen LogP contribution in [0.3, 0.4) is 0 Å². The summed E-state index contributed by atoms with van der Waals surface area (Å²) in [6.07, 6.45) is 3.13. The monoisotopic (exact) mass is 233 g/mol. The third-order valence-electron chi connectivity index (χ3n) is 2.38. The Kier molecular flexibility index (Phi) is 5.66. The summed E-state index contributed by atoms with van der Waals surface area (Å²) in [6, 6.07) is 11.4. The van der Waals surface area contributed by atoms with E-state index in [4.69, 9.17) is 5.26 Å². The van der Waals surface area contributed by atoms with Gasteiger partial charge in [0.25, 0.3) is 0 Å². The highest BCUT2D eigenvalue weighted by molar-refractivity contribution is 7.98. The van der Waals surface area contributed by atoms with E-state index < -0.39 is 0 Å². The minimum atomic E-state index is -0.153. The highest BCUT2D eigenvalue weighted by Gasteiger charge is 2.13. The van der Waals surface area contributed by atoms with Gasteiger partial charge in [-0.05, 0) is 18.4 Å². The number of nitrogens with zero attached hydrogens (tertiary/aromatic N) is 1. The molecule has 0 spiro atoms. The van der Waals surface area contributed by atoms with Crippen molar-refractivity contribution in [3.8, 4) is 6.07 Å². The Labute approximate surface area is 101 Å². The zero-order valence-corrected chi connectivity index (χ0v) is 10.2. The first kappa shape index (κ1) is 12.8. The smallest absolute Gasteiger partial charge is 0.164 e. The van der Waals surface area contributed by atoms with Crippen LogP contribution in [0.5, 0.6) is 0 Å². The molecule has 0 aliphatic heterocycles. The fourth-order valence-electron chi connectivity index (χ4n) is 1.44. The fourth-order valence-corrected chi connectivity index (χ4v) is 1.96. The lowest BCUT2D eigenvalue weighted by molar-refractivity contribution is 0.0969. The van der Waals surface area contributed by atoms with Gasteiger partial charge in [-0.15, -0.1) is 0 Å². The second-order valence-electron chi connectivity index (χ2n) is 3.60. The van der Waals surface area contributed by atoms with Crippen LogP contribution in [0.25, 0.3) is 0 Å². The molecule has 3 heteroatoms. The van der Waals surface area contributed by atoms with Crippen molar-refractivity contribution < 1.29 is 4.79 Å². The summed E-state index contributed by atoms with van der Waals surface area (Å²) in [5, 5.41) is 8.94. The highest BCUT2D eigenvalue weighted by Crippen LogP contribution is 2.14. The summed E-state index contributed by atoms with van der Waals surface area (Å²) in [4.78, 5) is 11.8. The maximum absolute atomic E-state index is 11.8. The molecule has 0 radical (unpaired) electrons. The van der Waals surface area contributed by atoms with Gasteiger partial charge < -0.3 is 0 Å². The molecule has 16 heavy (non-hydrogen) atoms. The third kappa shape index (κ3) is 4.08. The predicted molar refractivity (Wildman–Crippen MR) is 67.5 cm³/mol. The van der Waals surface area contributed by atoms with Crippen molar-refractivity contribution in [3.05, 3.63) is 35.9 Å². The zero-order valence-electron chi connectivity index (χ0n) is 9.35. The maximum Gasteiger partial charge on any atom is 0.164 e. The minimum Gasteiger partial charge on any atom is -0.294 e. The summed E-state index contributed by atoms with van der Waals surface area (Å²) in [5.41, 5.74) is 0.701. The van der Waals surface area contributed by atoms with Gasteiger partial charge >= 0.3 is 0 Å². The van der Waals surface area contributed by atoms with E-state index in [2.05, 4.69) is 6.07 Å². The van der Waals surface area contributed by atoms with Crippen molar-refractivity contribution in [2.75, 3.05) is 12.0 Å². The van der Waals surface area contributed by atoms with Crippen LogP contribution in [0.2, 0.25) is 0 Å². The Balaban J connectivity index is 2.53. The van der Waals surface area contributed by atoms with E-state index in [1.165, 1.54) is 0 Å². The van der Waals surface area contributed by atoms with Crippen LogP contribution >= 0.6 is 11.8 Å². The second-order valence-corrected chi connectivity index (χ2v) is 4.59. The molecule has 0 bridgehead atoms. The molecule has 1 unspecified atom stereocenters. The molecular formula is C13H15NOS. The van der Waals surface area contributed by atoms with Crippen molar-refractivity contribution in [1.29, 1.82) is 5.26 Å². The first-order chi connectivity index (χ1) is 7.77. The van der Waals surface area contributed by atoms with E-state index >= 15 is 0 Å². The van der Waals surface area contributed by atoms with E-state index in [1.54, 1.807) is 23.9 Å². The van der Waals surface area contributed by atoms with E-state index in [9.17, 15) is 4.79 Å². The SMILES string of the molecule is CSCCC(C#N)CC(=O)c1ccccc1. The van der Waals surface area contributed by atoms with E-state index in [0.29, 0.717) is 12.0 Å². The third-order valence-corrected chi connectivity index (χ3v) is 3.02. The molecular weight excluding hydrogens is 218 g/mol. The van der Waals surface area contributed by atoms with Gasteiger partial charge in [0.1, 0.15) is 0 Å². The Morgan fingerprint density at radius 3 is 2.69 bits per heavy atom. The Morgan fingerprint density at radius 1 is 1.44 bits per heavy atom. The Hall–Kier alpha value is -1.27. The van der Waals surface area contributed by atoms with Crippen molar-refractivity contribution in [1.82, 2.24) is 0 Å². The molecule has 0 aromatic heterocycles. The van der Waals surface area contributed by atoms with Gasteiger partial charge in [0, 0.05) is 12.0 Å².